The second-order valence-corrected chi connectivity index (χ2v) is 8.91. The predicted octanol–water partition coefficient (Wildman–Crippen LogP) is 2.77. The Bertz CT molecular complexity index is 689. The van der Waals surface area contributed by atoms with Crippen LogP contribution in [0.25, 0.3) is 10.6 Å². The van der Waals surface area contributed by atoms with E-state index in [0.29, 0.717) is 11.7 Å². The summed E-state index contributed by atoms with van der Waals surface area (Å²) in [5, 5.41) is 2.28. The van der Waals surface area contributed by atoms with Gasteiger partial charge in [0.05, 0.1) is 16.3 Å². The van der Waals surface area contributed by atoms with Gasteiger partial charge >= 0.3 is 0 Å². The minimum atomic E-state index is -3.32. The van der Waals surface area contributed by atoms with E-state index in [4.69, 9.17) is 5.73 Å². The molecule has 21 heavy (non-hydrogen) atoms. The number of hydrogen-bond acceptors (Lipinski definition) is 6. The third kappa shape index (κ3) is 4.77. The highest BCUT2D eigenvalue weighted by atomic mass is 32.2. The van der Waals surface area contributed by atoms with Gasteiger partial charge in [-0.05, 0) is 31.0 Å². The first-order chi connectivity index (χ1) is 9.89. The van der Waals surface area contributed by atoms with Crippen LogP contribution in [0.4, 0.5) is 5.13 Å². The molecular weight excluding hydrogens is 326 g/mol. The zero-order valence-corrected chi connectivity index (χ0v) is 14.4. The van der Waals surface area contributed by atoms with Crippen molar-refractivity contribution in [2.75, 3.05) is 17.0 Å². The van der Waals surface area contributed by atoms with Crippen molar-refractivity contribution in [2.45, 2.75) is 20.3 Å². The zero-order chi connectivity index (χ0) is 15.5. The lowest BCUT2D eigenvalue weighted by molar-refractivity contribution is 0.587. The third-order valence-electron chi connectivity index (χ3n) is 2.60. The molecule has 5 nitrogen and oxygen atoms in total. The molecule has 0 radical (unpaired) electrons. The average molecular weight is 346 g/mol. The van der Waals surface area contributed by atoms with Gasteiger partial charge in [0, 0.05) is 10.3 Å². The maximum absolute atomic E-state index is 11.9. The summed E-state index contributed by atoms with van der Waals surface area (Å²) >= 11 is 2.94. The van der Waals surface area contributed by atoms with E-state index in [1.54, 1.807) is 11.3 Å². The predicted molar refractivity (Wildman–Crippen MR) is 90.4 cm³/mol. The van der Waals surface area contributed by atoms with Gasteiger partial charge in [-0.15, -0.1) is 22.7 Å². The lowest BCUT2D eigenvalue weighted by Gasteiger charge is -2.06. The van der Waals surface area contributed by atoms with Crippen LogP contribution >= 0.6 is 22.7 Å². The van der Waals surface area contributed by atoms with Crippen LogP contribution in [0.3, 0.4) is 0 Å². The van der Waals surface area contributed by atoms with Gasteiger partial charge in [0.1, 0.15) is 0 Å². The molecule has 0 amide bonds. The van der Waals surface area contributed by atoms with Crippen molar-refractivity contribution in [3.8, 4) is 10.6 Å². The van der Waals surface area contributed by atoms with Gasteiger partial charge in [-0.2, -0.15) is 0 Å². The average Bonchev–Trinajstić information content (AvgIpc) is 2.96. The van der Waals surface area contributed by atoms with E-state index >= 15 is 0 Å². The highest BCUT2D eigenvalue weighted by Gasteiger charge is 2.15. The van der Waals surface area contributed by atoms with Crippen molar-refractivity contribution >= 4 is 37.8 Å². The molecule has 0 saturated carbocycles. The smallest absolute Gasteiger partial charge is 0.234 e. The number of nitrogens with zero attached hydrogens (tertiary/aromatic N) is 1. The summed E-state index contributed by atoms with van der Waals surface area (Å²) in [4.78, 5) is 6.60. The summed E-state index contributed by atoms with van der Waals surface area (Å²) in [6.07, 6.45) is 0.850. The Hall–Kier alpha value is -0.960. The minimum absolute atomic E-state index is 0.0815. The molecule has 2 aromatic heterocycles. The lowest BCUT2D eigenvalue weighted by atomic mass is 10.3. The third-order valence-corrected chi connectivity index (χ3v) is 6.27. The second-order valence-electron chi connectivity index (χ2n) is 5.12. The summed E-state index contributed by atoms with van der Waals surface area (Å²) in [6.45, 7) is 4.37. The Balaban J connectivity index is 2.10. The van der Waals surface area contributed by atoms with E-state index in [1.165, 1.54) is 16.2 Å². The Morgan fingerprint density at radius 1 is 1.38 bits per heavy atom. The van der Waals surface area contributed by atoms with Gasteiger partial charge in [0.15, 0.2) is 5.13 Å². The van der Waals surface area contributed by atoms with E-state index in [1.807, 2.05) is 31.4 Å². The fraction of sp³-hybridized carbons (Fsp3) is 0.462. The molecule has 0 fully saturated rings. The second kappa shape index (κ2) is 6.87. The monoisotopic (exact) mass is 345 g/mol. The van der Waals surface area contributed by atoms with Crippen LogP contribution in [0.15, 0.2) is 17.5 Å². The molecule has 3 N–H and O–H groups in total. The lowest BCUT2D eigenvalue weighted by Crippen LogP contribution is -2.19. The van der Waals surface area contributed by atoms with Crippen molar-refractivity contribution in [3.05, 3.63) is 22.4 Å². The van der Waals surface area contributed by atoms with E-state index in [-0.39, 0.29) is 11.7 Å². The molecule has 0 aliphatic rings. The summed E-state index contributed by atoms with van der Waals surface area (Å²) in [6, 6.07) is 4.03. The molecular formula is C13H19N3O2S3. The van der Waals surface area contributed by atoms with Crippen molar-refractivity contribution in [1.82, 2.24) is 4.98 Å². The summed E-state index contributed by atoms with van der Waals surface area (Å²) < 4.78 is 26.3. The molecule has 2 aromatic rings. The summed E-state index contributed by atoms with van der Waals surface area (Å²) in [7, 11) is -3.32. The van der Waals surface area contributed by atoms with Crippen LogP contribution in [0.1, 0.15) is 18.7 Å². The fourth-order valence-electron chi connectivity index (χ4n) is 1.84. The van der Waals surface area contributed by atoms with Crippen molar-refractivity contribution < 1.29 is 8.42 Å². The topological polar surface area (TPSA) is 85.1 Å². The first-order valence-electron chi connectivity index (χ1n) is 6.65. The normalized spacial score (nSPS) is 12.0. The van der Waals surface area contributed by atoms with Crippen molar-refractivity contribution in [1.29, 1.82) is 0 Å². The molecule has 0 saturated heterocycles. The first kappa shape index (κ1) is 16.4. The maximum atomic E-state index is 11.9. The van der Waals surface area contributed by atoms with Crippen molar-refractivity contribution in [3.63, 3.8) is 0 Å². The number of nitrogens with two attached hydrogens (primary N) is 1. The van der Waals surface area contributed by atoms with E-state index in [0.717, 1.165) is 17.0 Å². The molecule has 0 aliphatic heterocycles. The Morgan fingerprint density at radius 2 is 2.14 bits per heavy atom. The van der Waals surface area contributed by atoms with Gasteiger partial charge in [-0.1, -0.05) is 13.8 Å². The van der Waals surface area contributed by atoms with Crippen LogP contribution in [0.2, 0.25) is 0 Å². The molecule has 0 spiro atoms. The fourth-order valence-corrected chi connectivity index (χ4v) is 5.30. The quantitative estimate of drug-likeness (QED) is 0.808. The number of hydrogen-bond donors (Lipinski definition) is 2. The molecule has 0 unspecified atom stereocenters. The first-order valence-corrected chi connectivity index (χ1v) is 9.99. The van der Waals surface area contributed by atoms with Crippen molar-refractivity contribution in [2.24, 2.45) is 11.7 Å². The number of thiophene rings is 1. The largest absolute Gasteiger partial charge is 0.330 e. The molecule has 8 heteroatoms. The van der Waals surface area contributed by atoms with Crippen LogP contribution in [-0.2, 0) is 16.4 Å². The zero-order valence-electron chi connectivity index (χ0n) is 12.0. The van der Waals surface area contributed by atoms with Crippen LogP contribution < -0.4 is 10.5 Å². The molecule has 0 bridgehead atoms. The highest BCUT2D eigenvalue weighted by Crippen LogP contribution is 2.31. The van der Waals surface area contributed by atoms with Crippen LogP contribution in [-0.4, -0.2) is 25.7 Å². The number of nitrogens with one attached hydrogen (secondary N) is 1. The molecule has 0 aliphatic carbocycles. The Morgan fingerprint density at radius 3 is 2.81 bits per heavy atom. The number of anilines is 1. The number of sulfonamides is 1. The van der Waals surface area contributed by atoms with Crippen LogP contribution in [0, 0.1) is 5.92 Å². The van der Waals surface area contributed by atoms with E-state index in [2.05, 4.69) is 9.71 Å². The summed E-state index contributed by atoms with van der Waals surface area (Å²) in [5.74, 6) is 0.180. The molecule has 116 valence electrons. The number of rotatable bonds is 7. The minimum Gasteiger partial charge on any atom is -0.330 e. The Labute approximate surface area is 133 Å². The number of aromatic nitrogens is 1. The van der Waals surface area contributed by atoms with Gasteiger partial charge in [-0.3, -0.25) is 4.72 Å². The highest BCUT2D eigenvalue weighted by molar-refractivity contribution is 7.92. The van der Waals surface area contributed by atoms with E-state index in [9.17, 15) is 8.42 Å². The van der Waals surface area contributed by atoms with E-state index < -0.39 is 10.0 Å². The standard InChI is InChI=1S/C13H19N3O2S3/c1-9(2)8-21(17,18)16-13-15-11(7-19-13)12-4-3-10(20-12)5-6-14/h3-4,7,9H,5-6,8,14H2,1-2H3,(H,15,16). The van der Waals surface area contributed by atoms with Gasteiger partial charge in [0.2, 0.25) is 10.0 Å². The summed E-state index contributed by atoms with van der Waals surface area (Å²) in [5.41, 5.74) is 6.34. The molecule has 0 aromatic carbocycles. The molecule has 2 heterocycles. The molecule has 2 rings (SSSR count). The van der Waals surface area contributed by atoms with Gasteiger partial charge in [0.25, 0.3) is 0 Å². The number of thiazole rings is 1. The van der Waals surface area contributed by atoms with Gasteiger partial charge < -0.3 is 5.73 Å². The van der Waals surface area contributed by atoms with Gasteiger partial charge in [-0.25, -0.2) is 13.4 Å². The Kier molecular flexibility index (Phi) is 5.37. The SMILES string of the molecule is CC(C)CS(=O)(=O)Nc1nc(-c2ccc(CCN)s2)cs1. The maximum Gasteiger partial charge on any atom is 0.234 e. The molecule has 0 atom stereocenters. The van der Waals surface area contributed by atoms with Crippen LogP contribution in [0.5, 0.6) is 0 Å².